The van der Waals surface area contributed by atoms with Gasteiger partial charge >= 0.3 is 5.69 Å². The van der Waals surface area contributed by atoms with Gasteiger partial charge in [0.05, 0.1) is 13.7 Å². The number of hydrogen-bond acceptors (Lipinski definition) is 5. The Kier molecular flexibility index (Phi) is 5.65. The molecule has 1 aliphatic rings. The van der Waals surface area contributed by atoms with E-state index in [2.05, 4.69) is 11.8 Å². The van der Waals surface area contributed by atoms with Gasteiger partial charge in [-0.1, -0.05) is 36.2 Å². The zero-order chi connectivity index (χ0) is 24.1. The molecular formula is C24H23Cl2N5O3. The molecule has 0 amide bonds. The number of fused-ring (bicyclic) bond motifs is 3. The minimum absolute atomic E-state index is 0.0374. The summed E-state index contributed by atoms with van der Waals surface area (Å²) in [6, 6.07) is 12.7. The molecule has 1 aliphatic heterocycles. The summed E-state index contributed by atoms with van der Waals surface area (Å²) in [5.74, 6) is 1.64. The zero-order valence-corrected chi connectivity index (χ0v) is 20.5. The van der Waals surface area contributed by atoms with Crippen molar-refractivity contribution in [3.8, 4) is 5.75 Å². The van der Waals surface area contributed by atoms with Crippen molar-refractivity contribution in [1.82, 2.24) is 18.7 Å². The highest BCUT2D eigenvalue weighted by Gasteiger charge is 2.30. The summed E-state index contributed by atoms with van der Waals surface area (Å²) in [6.07, 6.45) is 0. The molecule has 8 nitrogen and oxygen atoms in total. The third kappa shape index (κ3) is 3.67. The Morgan fingerprint density at radius 1 is 1.09 bits per heavy atom. The van der Waals surface area contributed by atoms with Gasteiger partial charge in [0.15, 0.2) is 11.2 Å². The SMILES string of the molecule is COc1ccc(N2CC(C)Cn3c2nc2c3c(=O)n(Cc3ccc(Cl)cc3Cl)c(=O)n2C)cc1. The smallest absolute Gasteiger partial charge is 0.332 e. The van der Waals surface area contributed by atoms with E-state index in [-0.39, 0.29) is 12.5 Å². The van der Waals surface area contributed by atoms with Crippen LogP contribution in [-0.4, -0.2) is 32.3 Å². The highest BCUT2D eigenvalue weighted by atomic mass is 35.5. The number of aryl methyl sites for hydroxylation is 1. The molecule has 3 heterocycles. The first-order valence-electron chi connectivity index (χ1n) is 10.8. The van der Waals surface area contributed by atoms with Crippen molar-refractivity contribution < 1.29 is 4.74 Å². The van der Waals surface area contributed by atoms with E-state index in [9.17, 15) is 9.59 Å². The fourth-order valence-electron chi connectivity index (χ4n) is 4.44. The predicted octanol–water partition coefficient (Wildman–Crippen LogP) is 4.05. The standard InChI is InChI=1S/C24H23Cl2N5O3/c1-14-11-29(17-6-8-18(34-3)9-7-17)23-27-21-20(30(23)12-14)22(32)31(24(33)28(21)2)13-15-4-5-16(25)10-19(15)26/h4-10,14H,11-13H2,1-3H3. The van der Waals surface area contributed by atoms with Crippen molar-refractivity contribution in [3.63, 3.8) is 0 Å². The van der Waals surface area contributed by atoms with Gasteiger partial charge in [-0.2, -0.15) is 4.98 Å². The lowest BCUT2D eigenvalue weighted by atomic mass is 10.1. The van der Waals surface area contributed by atoms with Crippen molar-refractivity contribution in [1.29, 1.82) is 0 Å². The lowest BCUT2D eigenvalue weighted by Gasteiger charge is -2.33. The van der Waals surface area contributed by atoms with Crippen LogP contribution in [0.5, 0.6) is 5.75 Å². The summed E-state index contributed by atoms with van der Waals surface area (Å²) in [5.41, 5.74) is 1.47. The van der Waals surface area contributed by atoms with E-state index in [1.54, 1.807) is 32.4 Å². The first-order valence-corrected chi connectivity index (χ1v) is 11.6. The minimum Gasteiger partial charge on any atom is -0.497 e. The predicted molar refractivity (Wildman–Crippen MR) is 134 cm³/mol. The fraction of sp³-hybridized carbons (Fsp3) is 0.292. The van der Waals surface area contributed by atoms with Gasteiger partial charge in [0.25, 0.3) is 5.56 Å². The fourth-order valence-corrected chi connectivity index (χ4v) is 4.91. The first kappa shape index (κ1) is 22.6. The zero-order valence-electron chi connectivity index (χ0n) is 19.0. The molecule has 0 radical (unpaired) electrons. The molecule has 176 valence electrons. The molecular weight excluding hydrogens is 477 g/mol. The highest BCUT2D eigenvalue weighted by molar-refractivity contribution is 6.35. The second kappa shape index (κ2) is 8.52. The molecule has 0 saturated heterocycles. The van der Waals surface area contributed by atoms with Gasteiger partial charge < -0.3 is 14.2 Å². The van der Waals surface area contributed by atoms with Crippen LogP contribution in [0.15, 0.2) is 52.1 Å². The van der Waals surface area contributed by atoms with E-state index in [0.29, 0.717) is 39.3 Å². The Bertz CT molecular complexity index is 1520. The van der Waals surface area contributed by atoms with Crippen LogP contribution >= 0.6 is 23.2 Å². The van der Waals surface area contributed by atoms with Gasteiger partial charge in [-0.05, 0) is 47.9 Å². The maximum atomic E-state index is 13.6. The van der Waals surface area contributed by atoms with Crippen molar-refractivity contribution in [2.45, 2.75) is 20.0 Å². The van der Waals surface area contributed by atoms with Gasteiger partial charge in [-0.15, -0.1) is 0 Å². The van der Waals surface area contributed by atoms with Crippen molar-refractivity contribution in [2.24, 2.45) is 13.0 Å². The average molecular weight is 500 g/mol. The number of imidazole rings is 1. The molecule has 34 heavy (non-hydrogen) atoms. The van der Waals surface area contributed by atoms with Crippen molar-refractivity contribution >= 4 is 46.0 Å². The molecule has 0 N–H and O–H groups in total. The number of hydrogen-bond donors (Lipinski definition) is 0. The number of aromatic nitrogens is 4. The second-order valence-corrected chi connectivity index (χ2v) is 9.42. The molecule has 0 spiro atoms. The van der Waals surface area contributed by atoms with Gasteiger partial charge in [-0.3, -0.25) is 13.9 Å². The molecule has 4 aromatic rings. The summed E-state index contributed by atoms with van der Waals surface area (Å²) >= 11 is 12.3. The molecule has 10 heteroatoms. The topological polar surface area (TPSA) is 74.3 Å². The molecule has 0 aliphatic carbocycles. The van der Waals surface area contributed by atoms with Gasteiger partial charge in [-0.25, -0.2) is 4.79 Å². The van der Waals surface area contributed by atoms with Crippen LogP contribution < -0.4 is 20.9 Å². The number of nitrogens with zero attached hydrogens (tertiary/aromatic N) is 5. The summed E-state index contributed by atoms with van der Waals surface area (Å²) in [5, 5.41) is 0.887. The third-order valence-corrected chi connectivity index (χ3v) is 6.76. The van der Waals surface area contributed by atoms with Crippen LogP contribution in [0.1, 0.15) is 12.5 Å². The van der Waals surface area contributed by atoms with Gasteiger partial charge in [0.2, 0.25) is 5.95 Å². The second-order valence-electron chi connectivity index (χ2n) is 8.58. The monoisotopic (exact) mass is 499 g/mol. The highest BCUT2D eigenvalue weighted by Crippen LogP contribution is 2.33. The molecule has 1 unspecified atom stereocenters. The molecule has 0 saturated carbocycles. The van der Waals surface area contributed by atoms with E-state index < -0.39 is 11.2 Å². The largest absolute Gasteiger partial charge is 0.497 e. The molecule has 0 fully saturated rings. The van der Waals surface area contributed by atoms with Gasteiger partial charge in [0, 0.05) is 35.9 Å². The van der Waals surface area contributed by atoms with Gasteiger partial charge in [0.1, 0.15) is 5.75 Å². The van der Waals surface area contributed by atoms with Crippen molar-refractivity contribution in [3.05, 3.63) is 78.9 Å². The lowest BCUT2D eigenvalue weighted by molar-refractivity contribution is 0.414. The Morgan fingerprint density at radius 3 is 2.50 bits per heavy atom. The molecule has 2 aromatic carbocycles. The average Bonchev–Trinajstić information content (AvgIpc) is 3.21. The van der Waals surface area contributed by atoms with Crippen LogP contribution in [0.2, 0.25) is 10.0 Å². The summed E-state index contributed by atoms with van der Waals surface area (Å²) in [6.45, 7) is 3.51. The maximum absolute atomic E-state index is 13.6. The van der Waals surface area contributed by atoms with Crippen LogP contribution in [-0.2, 0) is 20.1 Å². The van der Waals surface area contributed by atoms with Crippen LogP contribution in [0, 0.1) is 5.92 Å². The lowest BCUT2D eigenvalue weighted by Crippen LogP contribution is -2.40. The summed E-state index contributed by atoms with van der Waals surface area (Å²) < 4.78 is 9.81. The minimum atomic E-state index is -0.456. The number of anilines is 2. The number of benzene rings is 2. The van der Waals surface area contributed by atoms with E-state index in [4.69, 9.17) is 32.9 Å². The summed E-state index contributed by atoms with van der Waals surface area (Å²) in [7, 11) is 3.25. The molecule has 2 aromatic heterocycles. The quantitative estimate of drug-likeness (QED) is 0.423. The van der Waals surface area contributed by atoms with Crippen LogP contribution in [0.25, 0.3) is 11.2 Å². The number of halogens is 2. The van der Waals surface area contributed by atoms with Crippen LogP contribution in [0.3, 0.4) is 0 Å². The van der Waals surface area contributed by atoms with E-state index in [0.717, 1.165) is 18.0 Å². The maximum Gasteiger partial charge on any atom is 0.332 e. The Hall–Kier alpha value is -3.23. The normalized spacial score (nSPS) is 15.6. The Balaban J connectivity index is 1.69. The van der Waals surface area contributed by atoms with Crippen molar-refractivity contribution in [2.75, 3.05) is 18.6 Å². The third-order valence-electron chi connectivity index (χ3n) is 6.17. The van der Waals surface area contributed by atoms with E-state index in [1.807, 2.05) is 28.8 Å². The van der Waals surface area contributed by atoms with E-state index in [1.165, 1.54) is 9.13 Å². The number of rotatable bonds is 4. The molecule has 5 rings (SSSR count). The number of methoxy groups -OCH3 is 1. The Morgan fingerprint density at radius 2 is 1.82 bits per heavy atom. The summed E-state index contributed by atoms with van der Waals surface area (Å²) in [4.78, 5) is 33.6. The van der Waals surface area contributed by atoms with Crippen LogP contribution in [0.4, 0.5) is 11.6 Å². The first-order chi connectivity index (χ1) is 16.3. The van der Waals surface area contributed by atoms with E-state index >= 15 is 0 Å². The Labute approximate surface area is 205 Å². The molecule has 1 atom stereocenters. The molecule has 0 bridgehead atoms. The number of ether oxygens (including phenoxy) is 1.